The number of aryl methyl sites for hydroxylation is 1. The molecule has 2 heterocycles. The highest BCUT2D eigenvalue weighted by Gasteiger charge is 2.24. The molecule has 4 heteroatoms. The third-order valence-corrected chi connectivity index (χ3v) is 4.39. The van der Waals surface area contributed by atoms with E-state index in [4.69, 9.17) is 0 Å². The van der Waals surface area contributed by atoms with E-state index in [1.165, 1.54) is 12.8 Å². The number of benzene rings is 1. The molecule has 1 aromatic carbocycles. The Bertz CT molecular complexity index is 652. The van der Waals surface area contributed by atoms with E-state index in [1.807, 2.05) is 49.1 Å². The number of likely N-dealkylation sites (tertiary alicyclic amines) is 1. The number of hydrogen-bond donors (Lipinski definition) is 0. The Morgan fingerprint density at radius 3 is 2.27 bits per heavy atom. The zero-order chi connectivity index (χ0) is 15.5. The topological polar surface area (TPSA) is 38.1 Å². The number of carbonyl (C=O) groups is 1. The average Bonchev–Trinajstić information content (AvgIpc) is 2.73. The third kappa shape index (κ3) is 2.78. The number of aromatic nitrogens is 2. The van der Waals surface area contributed by atoms with Crippen LogP contribution in [0.25, 0.3) is 5.69 Å². The predicted molar refractivity (Wildman–Crippen MR) is 87.4 cm³/mol. The van der Waals surface area contributed by atoms with Crippen LogP contribution in [0.1, 0.15) is 47.7 Å². The lowest BCUT2D eigenvalue weighted by atomic mass is 10.2. The van der Waals surface area contributed by atoms with Gasteiger partial charge >= 0.3 is 0 Å². The molecule has 4 nitrogen and oxygen atoms in total. The SMILES string of the molecule is Cc1nc(C(=O)N2CCCCCC2)c(C)n1-c1ccccc1. The fourth-order valence-corrected chi connectivity index (χ4v) is 3.22. The Hall–Kier alpha value is -2.10. The highest BCUT2D eigenvalue weighted by atomic mass is 16.2. The summed E-state index contributed by atoms with van der Waals surface area (Å²) in [7, 11) is 0. The first kappa shape index (κ1) is 14.8. The van der Waals surface area contributed by atoms with Crippen LogP contribution in [0.4, 0.5) is 0 Å². The van der Waals surface area contributed by atoms with E-state index in [0.717, 1.165) is 43.1 Å². The largest absolute Gasteiger partial charge is 0.337 e. The van der Waals surface area contributed by atoms with Crippen LogP contribution < -0.4 is 0 Å². The average molecular weight is 297 g/mol. The number of hydrogen-bond acceptors (Lipinski definition) is 2. The minimum Gasteiger partial charge on any atom is -0.337 e. The van der Waals surface area contributed by atoms with Crippen molar-refractivity contribution in [1.82, 2.24) is 14.5 Å². The summed E-state index contributed by atoms with van der Waals surface area (Å²) in [4.78, 5) is 19.4. The van der Waals surface area contributed by atoms with Crippen molar-refractivity contribution in [2.75, 3.05) is 13.1 Å². The molecule has 1 aliphatic heterocycles. The lowest BCUT2D eigenvalue weighted by Crippen LogP contribution is -2.32. The summed E-state index contributed by atoms with van der Waals surface area (Å²) in [5.74, 6) is 0.944. The van der Waals surface area contributed by atoms with Gasteiger partial charge in [-0.15, -0.1) is 0 Å². The maximum Gasteiger partial charge on any atom is 0.274 e. The summed E-state index contributed by atoms with van der Waals surface area (Å²) in [6, 6.07) is 10.1. The van der Waals surface area contributed by atoms with E-state index in [2.05, 4.69) is 9.55 Å². The molecule has 1 amide bonds. The van der Waals surface area contributed by atoms with Gasteiger partial charge in [-0.1, -0.05) is 31.0 Å². The molecule has 1 fully saturated rings. The Labute approximate surface area is 131 Å². The molecule has 0 radical (unpaired) electrons. The molecular formula is C18H23N3O. The second-order valence-electron chi connectivity index (χ2n) is 5.97. The molecule has 116 valence electrons. The fraction of sp³-hybridized carbons (Fsp3) is 0.444. The molecule has 0 spiro atoms. The van der Waals surface area contributed by atoms with Gasteiger partial charge in [0.15, 0.2) is 0 Å². The van der Waals surface area contributed by atoms with Gasteiger partial charge in [-0.25, -0.2) is 4.98 Å². The van der Waals surface area contributed by atoms with E-state index in [9.17, 15) is 4.79 Å². The van der Waals surface area contributed by atoms with Gasteiger partial charge in [0.05, 0.1) is 5.69 Å². The van der Waals surface area contributed by atoms with Crippen molar-refractivity contribution < 1.29 is 4.79 Å². The van der Waals surface area contributed by atoms with Crippen molar-refractivity contribution >= 4 is 5.91 Å². The van der Waals surface area contributed by atoms with E-state index in [1.54, 1.807) is 0 Å². The standard InChI is InChI=1S/C18H23N3O/c1-14-17(18(22)20-12-8-3-4-9-13-20)19-15(2)21(14)16-10-6-5-7-11-16/h5-7,10-11H,3-4,8-9,12-13H2,1-2H3. The molecule has 1 aliphatic rings. The summed E-state index contributed by atoms with van der Waals surface area (Å²) >= 11 is 0. The number of amides is 1. The molecule has 1 saturated heterocycles. The monoisotopic (exact) mass is 297 g/mol. The highest BCUT2D eigenvalue weighted by molar-refractivity contribution is 5.93. The molecule has 0 bridgehead atoms. The second kappa shape index (κ2) is 6.34. The van der Waals surface area contributed by atoms with Gasteiger partial charge in [0, 0.05) is 18.8 Å². The molecule has 22 heavy (non-hydrogen) atoms. The van der Waals surface area contributed by atoms with Gasteiger partial charge in [0.1, 0.15) is 11.5 Å². The molecule has 1 aromatic heterocycles. The smallest absolute Gasteiger partial charge is 0.274 e. The molecule has 0 atom stereocenters. The molecule has 0 saturated carbocycles. The highest BCUT2D eigenvalue weighted by Crippen LogP contribution is 2.20. The summed E-state index contributed by atoms with van der Waals surface area (Å²) < 4.78 is 2.06. The van der Waals surface area contributed by atoms with E-state index in [-0.39, 0.29) is 5.91 Å². The van der Waals surface area contributed by atoms with Crippen LogP contribution in [0, 0.1) is 13.8 Å². The molecule has 2 aromatic rings. The number of para-hydroxylation sites is 1. The van der Waals surface area contributed by atoms with Crippen LogP contribution >= 0.6 is 0 Å². The molecule has 0 aliphatic carbocycles. The van der Waals surface area contributed by atoms with Crippen molar-refractivity contribution in [3.63, 3.8) is 0 Å². The Kier molecular flexibility index (Phi) is 4.27. The molecular weight excluding hydrogens is 274 g/mol. The van der Waals surface area contributed by atoms with Gasteiger partial charge in [-0.05, 0) is 38.8 Å². The van der Waals surface area contributed by atoms with E-state index < -0.39 is 0 Å². The van der Waals surface area contributed by atoms with Gasteiger partial charge in [0.25, 0.3) is 5.91 Å². The van der Waals surface area contributed by atoms with Crippen molar-refractivity contribution in [2.45, 2.75) is 39.5 Å². The Balaban J connectivity index is 1.93. The van der Waals surface area contributed by atoms with Crippen LogP contribution in [-0.4, -0.2) is 33.4 Å². The number of nitrogens with zero attached hydrogens (tertiary/aromatic N) is 3. The van der Waals surface area contributed by atoms with Crippen molar-refractivity contribution in [1.29, 1.82) is 0 Å². The lowest BCUT2D eigenvalue weighted by molar-refractivity contribution is 0.0755. The summed E-state index contributed by atoms with van der Waals surface area (Å²) in [6.45, 7) is 5.66. The normalized spacial score (nSPS) is 15.6. The maximum atomic E-state index is 12.8. The molecule has 0 N–H and O–H groups in total. The van der Waals surface area contributed by atoms with Crippen molar-refractivity contribution in [3.8, 4) is 5.69 Å². The third-order valence-electron chi connectivity index (χ3n) is 4.39. The number of rotatable bonds is 2. The van der Waals surface area contributed by atoms with Crippen LogP contribution in [-0.2, 0) is 0 Å². The van der Waals surface area contributed by atoms with Crippen LogP contribution in [0.5, 0.6) is 0 Å². The van der Waals surface area contributed by atoms with Crippen LogP contribution in [0.15, 0.2) is 30.3 Å². The fourth-order valence-electron chi connectivity index (χ4n) is 3.22. The summed E-state index contributed by atoms with van der Waals surface area (Å²) in [6.07, 6.45) is 4.65. The Morgan fingerprint density at radius 1 is 1.00 bits per heavy atom. The first-order valence-electron chi connectivity index (χ1n) is 8.09. The minimum atomic E-state index is 0.0807. The van der Waals surface area contributed by atoms with Gasteiger partial charge in [-0.2, -0.15) is 0 Å². The second-order valence-corrected chi connectivity index (χ2v) is 5.97. The van der Waals surface area contributed by atoms with Crippen LogP contribution in [0.3, 0.4) is 0 Å². The first-order valence-corrected chi connectivity index (χ1v) is 8.09. The van der Waals surface area contributed by atoms with Crippen molar-refractivity contribution in [3.05, 3.63) is 47.5 Å². The maximum absolute atomic E-state index is 12.8. The zero-order valence-corrected chi connectivity index (χ0v) is 13.4. The molecule has 3 rings (SSSR count). The number of imidazole rings is 1. The minimum absolute atomic E-state index is 0.0807. The van der Waals surface area contributed by atoms with Crippen LogP contribution in [0.2, 0.25) is 0 Å². The zero-order valence-electron chi connectivity index (χ0n) is 13.4. The quantitative estimate of drug-likeness (QED) is 0.851. The van der Waals surface area contributed by atoms with E-state index in [0.29, 0.717) is 5.69 Å². The van der Waals surface area contributed by atoms with E-state index >= 15 is 0 Å². The Morgan fingerprint density at radius 2 is 1.64 bits per heavy atom. The van der Waals surface area contributed by atoms with Crippen molar-refractivity contribution in [2.24, 2.45) is 0 Å². The number of carbonyl (C=O) groups excluding carboxylic acids is 1. The summed E-state index contributed by atoms with van der Waals surface area (Å²) in [5, 5.41) is 0. The lowest BCUT2D eigenvalue weighted by Gasteiger charge is -2.19. The summed E-state index contributed by atoms with van der Waals surface area (Å²) in [5.41, 5.74) is 2.58. The predicted octanol–water partition coefficient (Wildman–Crippen LogP) is 3.51. The van der Waals surface area contributed by atoms with Gasteiger partial charge in [0.2, 0.25) is 0 Å². The first-order chi connectivity index (χ1) is 10.7. The van der Waals surface area contributed by atoms with Gasteiger partial charge < -0.3 is 9.47 Å². The van der Waals surface area contributed by atoms with Gasteiger partial charge in [-0.3, -0.25) is 4.79 Å². The molecule has 0 unspecified atom stereocenters.